The zero-order valence-corrected chi connectivity index (χ0v) is 18.3. The molecule has 0 saturated carbocycles. The smallest absolute Gasteiger partial charge is 0.0850 e. The summed E-state index contributed by atoms with van der Waals surface area (Å²) in [6, 6.07) is 11.3. The molecule has 0 bridgehead atoms. The van der Waals surface area contributed by atoms with Crippen LogP contribution >= 0.6 is 0 Å². The molecule has 0 aromatic heterocycles. The molecule has 0 radical (unpaired) electrons. The van der Waals surface area contributed by atoms with Crippen molar-refractivity contribution in [1.29, 1.82) is 0 Å². The number of hydrogen-bond acceptors (Lipinski definition) is 4. The molecule has 4 heteroatoms. The molecule has 4 N–H and O–H groups in total. The molecule has 0 aliphatic heterocycles. The SMILES string of the molecule is CC(C)(O)c1cc(C(C)(C)O)c(C(C)(C)O)c(C(C)(C)O)c1-c1ccccc1. The van der Waals surface area contributed by atoms with Crippen molar-refractivity contribution in [3.63, 3.8) is 0 Å². The Bertz CT molecular complexity index is 840. The van der Waals surface area contributed by atoms with E-state index in [0.717, 1.165) is 5.56 Å². The first-order chi connectivity index (χ1) is 12.5. The molecule has 2 aromatic carbocycles. The molecule has 0 heterocycles. The maximum atomic E-state index is 11.2. The third-order valence-electron chi connectivity index (χ3n) is 4.93. The Morgan fingerprint density at radius 2 is 0.964 bits per heavy atom. The Hall–Kier alpha value is -1.72. The second-order valence-electron chi connectivity index (χ2n) is 9.70. The van der Waals surface area contributed by atoms with E-state index in [0.29, 0.717) is 27.8 Å². The van der Waals surface area contributed by atoms with Crippen LogP contribution in [0.25, 0.3) is 11.1 Å². The minimum atomic E-state index is -1.33. The molecule has 2 aromatic rings. The highest BCUT2D eigenvalue weighted by atomic mass is 16.3. The summed E-state index contributed by atoms with van der Waals surface area (Å²) >= 11 is 0. The van der Waals surface area contributed by atoms with Crippen molar-refractivity contribution in [2.75, 3.05) is 0 Å². The lowest BCUT2D eigenvalue weighted by molar-refractivity contribution is 0.0368. The zero-order valence-electron chi connectivity index (χ0n) is 18.3. The van der Waals surface area contributed by atoms with Crippen molar-refractivity contribution < 1.29 is 20.4 Å². The van der Waals surface area contributed by atoms with Crippen LogP contribution in [0.1, 0.15) is 77.6 Å². The van der Waals surface area contributed by atoms with Gasteiger partial charge in [0.1, 0.15) is 0 Å². The lowest BCUT2D eigenvalue weighted by atomic mass is 9.71. The van der Waals surface area contributed by atoms with E-state index in [1.54, 1.807) is 61.5 Å². The molecule has 0 fully saturated rings. The van der Waals surface area contributed by atoms with E-state index in [2.05, 4.69) is 0 Å². The Kier molecular flexibility index (Phi) is 5.61. The van der Waals surface area contributed by atoms with E-state index < -0.39 is 22.4 Å². The van der Waals surface area contributed by atoms with Crippen LogP contribution in [-0.2, 0) is 22.4 Å². The highest BCUT2D eigenvalue weighted by molar-refractivity contribution is 5.76. The van der Waals surface area contributed by atoms with Gasteiger partial charge in [-0.25, -0.2) is 0 Å². The van der Waals surface area contributed by atoms with E-state index in [9.17, 15) is 20.4 Å². The summed E-state index contributed by atoms with van der Waals surface area (Å²) in [5.41, 5.74) is -1.64. The highest BCUT2D eigenvalue weighted by Gasteiger charge is 2.40. The van der Waals surface area contributed by atoms with Gasteiger partial charge < -0.3 is 20.4 Å². The van der Waals surface area contributed by atoms with E-state index in [-0.39, 0.29) is 0 Å². The fraction of sp³-hybridized carbons (Fsp3) is 0.500. The number of rotatable bonds is 5. The summed E-state index contributed by atoms with van der Waals surface area (Å²) in [4.78, 5) is 0. The van der Waals surface area contributed by atoms with Crippen molar-refractivity contribution in [2.24, 2.45) is 0 Å². The summed E-state index contributed by atoms with van der Waals surface area (Å²) in [6.45, 7) is 13.3. The first-order valence-electron chi connectivity index (χ1n) is 9.63. The van der Waals surface area contributed by atoms with Crippen molar-refractivity contribution in [3.8, 4) is 11.1 Å². The van der Waals surface area contributed by atoms with Crippen LogP contribution in [0.3, 0.4) is 0 Å². The quantitative estimate of drug-likeness (QED) is 0.619. The predicted octanol–water partition coefficient (Wildman–Crippen LogP) is 4.26. The average molecular weight is 387 g/mol. The van der Waals surface area contributed by atoms with Crippen molar-refractivity contribution in [2.45, 2.75) is 77.8 Å². The van der Waals surface area contributed by atoms with Crippen molar-refractivity contribution >= 4 is 0 Å². The van der Waals surface area contributed by atoms with Gasteiger partial charge in [-0.1, -0.05) is 30.3 Å². The summed E-state index contributed by atoms with van der Waals surface area (Å²) in [7, 11) is 0. The van der Waals surface area contributed by atoms with E-state index in [4.69, 9.17) is 0 Å². The van der Waals surface area contributed by atoms with Crippen LogP contribution in [-0.4, -0.2) is 20.4 Å². The Labute approximate surface area is 168 Å². The Balaban J connectivity index is 3.23. The molecule has 0 aliphatic rings. The zero-order chi connectivity index (χ0) is 21.7. The molecule has 0 saturated heterocycles. The third-order valence-corrected chi connectivity index (χ3v) is 4.93. The van der Waals surface area contributed by atoms with Gasteiger partial charge in [0, 0.05) is 0 Å². The largest absolute Gasteiger partial charge is 0.386 e. The van der Waals surface area contributed by atoms with Gasteiger partial charge in [-0.15, -0.1) is 0 Å². The summed E-state index contributed by atoms with van der Waals surface area (Å²) in [5, 5.41) is 44.1. The van der Waals surface area contributed by atoms with E-state index >= 15 is 0 Å². The van der Waals surface area contributed by atoms with Gasteiger partial charge in [-0.05, 0) is 94.8 Å². The van der Waals surface area contributed by atoms with Crippen LogP contribution in [0.2, 0.25) is 0 Å². The summed E-state index contributed by atoms with van der Waals surface area (Å²) in [5.74, 6) is 0. The molecule has 154 valence electrons. The van der Waals surface area contributed by atoms with Gasteiger partial charge in [0.2, 0.25) is 0 Å². The predicted molar refractivity (Wildman–Crippen MR) is 113 cm³/mol. The van der Waals surface area contributed by atoms with Gasteiger partial charge in [0.15, 0.2) is 0 Å². The lowest BCUT2D eigenvalue weighted by Crippen LogP contribution is -2.34. The minimum absolute atomic E-state index is 0.472. The third kappa shape index (κ3) is 4.47. The fourth-order valence-corrected chi connectivity index (χ4v) is 3.80. The standard InChI is InChI=1S/C24H34O4/c1-21(2,25)16-14-17(22(3,4)26)19(23(5,6)27)20(24(7,8)28)18(16)15-12-10-9-11-13-15/h9-14,25-28H,1-8H3. The van der Waals surface area contributed by atoms with Crippen molar-refractivity contribution in [1.82, 2.24) is 0 Å². The molecule has 0 aliphatic carbocycles. The van der Waals surface area contributed by atoms with Gasteiger partial charge in [-0.2, -0.15) is 0 Å². The summed E-state index contributed by atoms with van der Waals surface area (Å²) < 4.78 is 0. The molecule has 0 unspecified atom stereocenters. The Morgan fingerprint density at radius 1 is 0.536 bits per heavy atom. The first-order valence-corrected chi connectivity index (χ1v) is 9.63. The van der Waals surface area contributed by atoms with Crippen LogP contribution in [0.4, 0.5) is 0 Å². The monoisotopic (exact) mass is 386 g/mol. The van der Waals surface area contributed by atoms with Crippen LogP contribution in [0.15, 0.2) is 36.4 Å². The van der Waals surface area contributed by atoms with Gasteiger partial charge in [0.05, 0.1) is 22.4 Å². The molecule has 2 rings (SSSR count). The molecule has 0 atom stereocenters. The number of aliphatic hydroxyl groups is 4. The van der Waals surface area contributed by atoms with Gasteiger partial charge >= 0.3 is 0 Å². The van der Waals surface area contributed by atoms with E-state index in [1.807, 2.05) is 30.3 Å². The lowest BCUT2D eigenvalue weighted by Gasteiger charge is -2.39. The fourth-order valence-electron chi connectivity index (χ4n) is 3.80. The number of benzene rings is 2. The average Bonchev–Trinajstić information content (AvgIpc) is 2.50. The maximum absolute atomic E-state index is 11.2. The first kappa shape index (κ1) is 22.6. The Morgan fingerprint density at radius 3 is 1.32 bits per heavy atom. The molecule has 4 nitrogen and oxygen atoms in total. The van der Waals surface area contributed by atoms with Crippen LogP contribution in [0.5, 0.6) is 0 Å². The molecule has 0 spiro atoms. The topological polar surface area (TPSA) is 80.9 Å². The van der Waals surface area contributed by atoms with E-state index in [1.165, 1.54) is 0 Å². The number of hydrogen-bond donors (Lipinski definition) is 4. The minimum Gasteiger partial charge on any atom is -0.386 e. The molecule has 0 amide bonds. The maximum Gasteiger partial charge on any atom is 0.0850 e. The van der Waals surface area contributed by atoms with Crippen LogP contribution in [0, 0.1) is 0 Å². The highest BCUT2D eigenvalue weighted by Crippen LogP contribution is 2.47. The van der Waals surface area contributed by atoms with Crippen molar-refractivity contribution in [3.05, 3.63) is 58.7 Å². The van der Waals surface area contributed by atoms with Gasteiger partial charge in [-0.3, -0.25) is 0 Å². The second kappa shape index (κ2) is 6.96. The second-order valence-corrected chi connectivity index (χ2v) is 9.70. The molecular formula is C24H34O4. The summed E-state index contributed by atoms with van der Waals surface area (Å²) in [6.07, 6.45) is 0. The normalized spacial score (nSPS) is 13.7. The van der Waals surface area contributed by atoms with Gasteiger partial charge in [0.25, 0.3) is 0 Å². The molecule has 28 heavy (non-hydrogen) atoms. The molecular weight excluding hydrogens is 352 g/mol. The van der Waals surface area contributed by atoms with Crippen LogP contribution < -0.4 is 0 Å².